The minimum absolute atomic E-state index is 0.719. The topological polar surface area (TPSA) is 27.7 Å². The Morgan fingerprint density at radius 3 is 2.00 bits per heavy atom. The van der Waals surface area contributed by atoms with Gasteiger partial charge in [-0.1, -0.05) is 12.1 Å². The quantitative estimate of drug-likeness (QED) is 0.789. The lowest BCUT2D eigenvalue weighted by Crippen LogP contribution is -2.09. The molecule has 18 heavy (non-hydrogen) atoms. The summed E-state index contributed by atoms with van der Waals surface area (Å²) in [4.78, 5) is 0. The van der Waals surface area contributed by atoms with Gasteiger partial charge in [-0.25, -0.2) is 0 Å². The van der Waals surface area contributed by atoms with Crippen molar-refractivity contribution in [1.82, 2.24) is 0 Å². The average molecular weight is 278 g/mol. The minimum atomic E-state index is -2.46. The van der Waals surface area contributed by atoms with Gasteiger partial charge in [0.15, 0.2) is 11.5 Å². The van der Waals surface area contributed by atoms with Crippen LogP contribution in [0.5, 0.6) is 17.2 Å². The summed E-state index contributed by atoms with van der Waals surface area (Å²) in [7, 11) is 1.63. The number of hydrogen-bond acceptors (Lipinski definition) is 4. The van der Waals surface area contributed by atoms with Crippen molar-refractivity contribution in [3.63, 3.8) is 0 Å². The highest BCUT2D eigenvalue weighted by atomic mass is 32.5. The maximum Gasteiger partial charge on any atom is 0.319 e. The second-order valence-electron chi connectivity index (χ2n) is 3.82. The van der Waals surface area contributed by atoms with Crippen LogP contribution < -0.4 is 19.1 Å². The third-order valence-corrected chi connectivity index (χ3v) is 5.56. The standard InChI is InChI=1S/C13H11O3PS/c1-14-10-6-8-11(9-7-10)17(18)15-12-4-2-3-5-13(12)16-17/h2-9H,1H3. The summed E-state index contributed by atoms with van der Waals surface area (Å²) in [6.45, 7) is -2.46. The Kier molecular flexibility index (Phi) is 2.77. The number of rotatable bonds is 2. The summed E-state index contributed by atoms with van der Waals surface area (Å²) in [5.74, 6) is 2.23. The molecule has 0 unspecified atom stereocenters. The van der Waals surface area contributed by atoms with Crippen LogP contribution in [-0.2, 0) is 11.8 Å². The first kappa shape index (κ1) is 11.6. The molecule has 2 aromatic carbocycles. The van der Waals surface area contributed by atoms with Gasteiger partial charge in [-0.05, 0) is 48.2 Å². The van der Waals surface area contributed by atoms with Crippen LogP contribution in [0.25, 0.3) is 0 Å². The summed E-state index contributed by atoms with van der Waals surface area (Å²) in [6, 6.07) is 15.1. The van der Waals surface area contributed by atoms with Gasteiger partial charge in [0.05, 0.1) is 12.4 Å². The van der Waals surface area contributed by atoms with Crippen molar-refractivity contribution in [3.8, 4) is 17.2 Å². The molecule has 0 saturated heterocycles. The number of benzene rings is 2. The van der Waals surface area contributed by atoms with Crippen LogP contribution in [0.3, 0.4) is 0 Å². The molecule has 0 fully saturated rings. The molecule has 0 bridgehead atoms. The van der Waals surface area contributed by atoms with E-state index in [-0.39, 0.29) is 0 Å². The third kappa shape index (κ3) is 1.88. The minimum Gasteiger partial charge on any atom is -0.497 e. The summed E-state index contributed by atoms with van der Waals surface area (Å²) < 4.78 is 16.8. The second-order valence-corrected chi connectivity index (χ2v) is 7.14. The van der Waals surface area contributed by atoms with Crippen molar-refractivity contribution in [2.24, 2.45) is 0 Å². The van der Waals surface area contributed by atoms with Crippen molar-refractivity contribution >= 4 is 23.6 Å². The van der Waals surface area contributed by atoms with Crippen molar-refractivity contribution < 1.29 is 13.8 Å². The van der Waals surface area contributed by atoms with E-state index >= 15 is 0 Å². The molecule has 0 aromatic heterocycles. The molecule has 5 heteroatoms. The third-order valence-electron chi connectivity index (χ3n) is 2.67. The van der Waals surface area contributed by atoms with Crippen molar-refractivity contribution in [2.75, 3.05) is 7.11 Å². The van der Waals surface area contributed by atoms with Gasteiger partial charge in [-0.3, -0.25) is 0 Å². The molecule has 1 aliphatic rings. The molecule has 0 radical (unpaired) electrons. The van der Waals surface area contributed by atoms with Crippen molar-refractivity contribution in [1.29, 1.82) is 0 Å². The molecule has 1 heterocycles. The number of para-hydroxylation sites is 2. The van der Waals surface area contributed by atoms with Gasteiger partial charge in [-0.15, -0.1) is 0 Å². The Morgan fingerprint density at radius 2 is 1.50 bits per heavy atom. The smallest absolute Gasteiger partial charge is 0.319 e. The second kappa shape index (κ2) is 4.30. The van der Waals surface area contributed by atoms with E-state index in [1.807, 2.05) is 48.5 Å². The Labute approximate surface area is 110 Å². The first-order chi connectivity index (χ1) is 8.71. The highest BCUT2D eigenvalue weighted by molar-refractivity contribution is 8.14. The first-order valence-electron chi connectivity index (χ1n) is 5.44. The van der Waals surface area contributed by atoms with Gasteiger partial charge in [0, 0.05) is 0 Å². The van der Waals surface area contributed by atoms with E-state index in [0.717, 1.165) is 22.6 Å². The summed E-state index contributed by atoms with van der Waals surface area (Å²) in [5.41, 5.74) is 0. The predicted molar refractivity (Wildman–Crippen MR) is 74.6 cm³/mol. The van der Waals surface area contributed by atoms with Gasteiger partial charge in [-0.2, -0.15) is 0 Å². The Bertz CT molecular complexity index is 595. The van der Waals surface area contributed by atoms with E-state index in [9.17, 15) is 0 Å². The van der Waals surface area contributed by atoms with Crippen LogP contribution in [-0.4, -0.2) is 7.11 Å². The van der Waals surface area contributed by atoms with Gasteiger partial charge in [0.2, 0.25) is 0 Å². The van der Waals surface area contributed by atoms with E-state index in [2.05, 4.69) is 0 Å². The van der Waals surface area contributed by atoms with Crippen LogP contribution in [0.1, 0.15) is 0 Å². The summed E-state index contributed by atoms with van der Waals surface area (Å²) in [6.07, 6.45) is 0. The van der Waals surface area contributed by atoms with E-state index < -0.39 is 6.49 Å². The molecule has 0 aliphatic carbocycles. The SMILES string of the molecule is COc1ccc(P2(=S)Oc3ccccc3O2)cc1. The zero-order chi connectivity index (χ0) is 12.6. The Balaban J connectivity index is 1.96. The molecule has 0 amide bonds. The van der Waals surface area contributed by atoms with Crippen molar-refractivity contribution in [3.05, 3.63) is 48.5 Å². The maximum atomic E-state index is 5.82. The molecule has 0 spiro atoms. The zero-order valence-electron chi connectivity index (χ0n) is 9.70. The normalized spacial score (nSPS) is 15.4. The van der Waals surface area contributed by atoms with Crippen LogP contribution >= 0.6 is 6.49 Å². The van der Waals surface area contributed by atoms with Crippen LogP contribution in [0, 0.1) is 0 Å². The number of methoxy groups -OCH3 is 1. The van der Waals surface area contributed by atoms with Gasteiger partial charge in [0.1, 0.15) is 5.75 Å². The highest BCUT2D eigenvalue weighted by Gasteiger charge is 2.33. The molecule has 3 rings (SSSR count). The van der Waals surface area contributed by atoms with Crippen LogP contribution in [0.2, 0.25) is 0 Å². The summed E-state index contributed by atoms with van der Waals surface area (Å²) >= 11 is 5.54. The van der Waals surface area contributed by atoms with E-state index in [0.29, 0.717) is 0 Å². The molecule has 0 saturated carbocycles. The molecular formula is C13H11O3PS. The highest BCUT2D eigenvalue weighted by Crippen LogP contribution is 2.57. The van der Waals surface area contributed by atoms with Gasteiger partial charge < -0.3 is 13.8 Å². The monoisotopic (exact) mass is 278 g/mol. The predicted octanol–water partition coefficient (Wildman–Crippen LogP) is 3.10. The molecule has 92 valence electrons. The molecule has 0 atom stereocenters. The fraction of sp³-hybridized carbons (Fsp3) is 0.0769. The van der Waals surface area contributed by atoms with E-state index in [1.165, 1.54) is 0 Å². The fourth-order valence-corrected chi connectivity index (χ4v) is 4.18. The molecule has 2 aromatic rings. The van der Waals surface area contributed by atoms with Crippen LogP contribution in [0.15, 0.2) is 48.5 Å². The molecule has 0 N–H and O–H groups in total. The summed E-state index contributed by atoms with van der Waals surface area (Å²) in [5, 5.41) is 0.884. The van der Waals surface area contributed by atoms with Gasteiger partial charge in [0.25, 0.3) is 0 Å². The first-order valence-corrected chi connectivity index (χ1v) is 8.08. The average Bonchev–Trinajstić information content (AvgIpc) is 2.76. The Morgan fingerprint density at radius 1 is 0.944 bits per heavy atom. The van der Waals surface area contributed by atoms with E-state index in [4.69, 9.17) is 25.6 Å². The maximum absolute atomic E-state index is 5.82. The lowest BCUT2D eigenvalue weighted by Gasteiger charge is -2.14. The fourth-order valence-electron chi connectivity index (χ4n) is 1.75. The lowest BCUT2D eigenvalue weighted by atomic mass is 10.3. The number of hydrogen-bond donors (Lipinski definition) is 0. The largest absolute Gasteiger partial charge is 0.497 e. The Hall–Kier alpha value is -1.51. The lowest BCUT2D eigenvalue weighted by molar-refractivity contribution is 0.415. The molecular weight excluding hydrogens is 267 g/mol. The van der Waals surface area contributed by atoms with Crippen molar-refractivity contribution in [2.45, 2.75) is 0 Å². The van der Waals surface area contributed by atoms with Crippen LogP contribution in [0.4, 0.5) is 0 Å². The van der Waals surface area contributed by atoms with Gasteiger partial charge >= 0.3 is 6.49 Å². The number of ether oxygens (including phenoxy) is 1. The molecule has 1 aliphatic heterocycles. The zero-order valence-corrected chi connectivity index (χ0v) is 11.4. The molecule has 3 nitrogen and oxygen atoms in total. The number of fused-ring (bicyclic) bond motifs is 1. The van der Waals surface area contributed by atoms with E-state index in [1.54, 1.807) is 7.11 Å².